The Morgan fingerprint density at radius 2 is 0.933 bits per heavy atom. The first-order valence-electron chi connectivity index (χ1n) is 25.2. The average molecular weight is 838 g/mol. The molecule has 3 unspecified atom stereocenters. The highest BCUT2D eigenvalue weighted by atomic mass is 16.5. The molecule has 1 amide bonds. The number of esters is 1. The normalized spacial score (nSPS) is 13.9. The van der Waals surface area contributed by atoms with Crippen molar-refractivity contribution in [2.75, 3.05) is 6.61 Å². The van der Waals surface area contributed by atoms with Crippen LogP contribution >= 0.6 is 0 Å². The van der Waals surface area contributed by atoms with E-state index in [2.05, 4.69) is 86.8 Å². The van der Waals surface area contributed by atoms with E-state index in [1.54, 1.807) is 0 Å². The summed E-state index contributed by atoms with van der Waals surface area (Å²) in [6, 6.07) is -0.736. The summed E-state index contributed by atoms with van der Waals surface area (Å²) in [4.78, 5) is 26.1. The molecule has 0 saturated heterocycles. The zero-order valence-corrected chi connectivity index (χ0v) is 39.3. The molecule has 6 nitrogen and oxygen atoms in total. The van der Waals surface area contributed by atoms with Crippen LogP contribution in [0.3, 0.4) is 0 Å². The summed E-state index contributed by atoms with van der Waals surface area (Å²) in [5.74, 6) is -0.600. The van der Waals surface area contributed by atoms with E-state index in [1.807, 2.05) is 12.2 Å². The fraction of sp³-hybridized carbons (Fsp3) is 0.741. The molecular formula is C54H95NO5. The van der Waals surface area contributed by atoms with E-state index in [-0.39, 0.29) is 24.9 Å². The molecule has 0 aliphatic heterocycles. The van der Waals surface area contributed by atoms with Crippen LogP contribution in [0.1, 0.15) is 233 Å². The van der Waals surface area contributed by atoms with Gasteiger partial charge in [-0.15, -0.1) is 0 Å². The van der Waals surface area contributed by atoms with Crippen molar-refractivity contribution in [3.05, 3.63) is 72.9 Å². The van der Waals surface area contributed by atoms with Gasteiger partial charge in [0.2, 0.25) is 5.91 Å². The van der Waals surface area contributed by atoms with Gasteiger partial charge in [0, 0.05) is 12.8 Å². The highest BCUT2D eigenvalue weighted by molar-refractivity contribution is 5.77. The number of hydrogen-bond acceptors (Lipinski definition) is 5. The van der Waals surface area contributed by atoms with Crippen molar-refractivity contribution in [1.29, 1.82) is 0 Å². The molecule has 0 bridgehead atoms. The topological polar surface area (TPSA) is 95.9 Å². The van der Waals surface area contributed by atoms with Crippen molar-refractivity contribution < 1.29 is 24.5 Å². The summed E-state index contributed by atoms with van der Waals surface area (Å²) >= 11 is 0. The van der Waals surface area contributed by atoms with Gasteiger partial charge in [0.1, 0.15) is 6.10 Å². The highest BCUT2D eigenvalue weighted by Crippen LogP contribution is 2.16. The number of nitrogens with one attached hydrogen (secondary N) is 1. The van der Waals surface area contributed by atoms with Crippen LogP contribution in [-0.4, -0.2) is 46.9 Å². The van der Waals surface area contributed by atoms with Gasteiger partial charge in [0.25, 0.3) is 0 Å². The first kappa shape index (κ1) is 57.3. The third-order valence-electron chi connectivity index (χ3n) is 11.0. The van der Waals surface area contributed by atoms with Gasteiger partial charge in [0.15, 0.2) is 0 Å². The van der Waals surface area contributed by atoms with Crippen molar-refractivity contribution in [3.8, 4) is 0 Å². The molecule has 0 aromatic carbocycles. The number of allylic oxidation sites excluding steroid dienone is 11. The maximum Gasteiger partial charge on any atom is 0.306 e. The second kappa shape index (κ2) is 47.4. The summed E-state index contributed by atoms with van der Waals surface area (Å²) in [5, 5.41) is 23.7. The number of aliphatic hydroxyl groups is 2. The summed E-state index contributed by atoms with van der Waals surface area (Å²) in [6.07, 6.45) is 59.8. The third kappa shape index (κ3) is 42.0. The molecule has 0 aliphatic rings. The third-order valence-corrected chi connectivity index (χ3v) is 11.0. The van der Waals surface area contributed by atoms with Crippen LogP contribution in [0, 0.1) is 0 Å². The molecule has 0 rings (SSSR count). The quantitative estimate of drug-likeness (QED) is 0.0323. The summed E-state index contributed by atoms with van der Waals surface area (Å²) < 4.78 is 5.85. The lowest BCUT2D eigenvalue weighted by Gasteiger charge is -2.24. The lowest BCUT2D eigenvalue weighted by atomic mass is 10.0. The predicted molar refractivity (Wildman–Crippen MR) is 259 cm³/mol. The summed E-state index contributed by atoms with van der Waals surface area (Å²) in [7, 11) is 0. The minimum atomic E-state index is -0.816. The standard InChI is InChI=1S/C54H95NO5/c1-4-7-10-13-16-19-22-25-27-28-30-33-36-39-42-45-50(60-54(59)47-44-41-38-35-32-29-26-23-20-17-14-11-8-5-2)48-53(58)55-51(49-56)52(57)46-43-40-37-34-31-24-21-18-15-12-9-6-3/h7,10,16,19,25,27,29-30,32-33,39,42,50-52,56-57H,4-6,8-9,11-15,17-18,20-24,26,28,31,34-38,40-41,43-49H2,1-3H3,(H,55,58)/b10-7-,19-16-,27-25-,32-29-,33-30-,42-39-. The predicted octanol–water partition coefficient (Wildman–Crippen LogP) is 15.0. The zero-order valence-electron chi connectivity index (χ0n) is 39.3. The van der Waals surface area contributed by atoms with Crippen molar-refractivity contribution >= 4 is 11.9 Å². The molecule has 60 heavy (non-hydrogen) atoms. The van der Waals surface area contributed by atoms with Gasteiger partial charge in [-0.2, -0.15) is 0 Å². The molecule has 0 spiro atoms. The number of hydrogen-bond donors (Lipinski definition) is 3. The highest BCUT2D eigenvalue weighted by Gasteiger charge is 2.23. The van der Waals surface area contributed by atoms with Crippen LogP contribution in [0.5, 0.6) is 0 Å². The number of ether oxygens (including phenoxy) is 1. The largest absolute Gasteiger partial charge is 0.461 e. The van der Waals surface area contributed by atoms with Gasteiger partial charge in [-0.05, 0) is 70.6 Å². The van der Waals surface area contributed by atoms with Gasteiger partial charge in [-0.25, -0.2) is 0 Å². The number of rotatable bonds is 44. The van der Waals surface area contributed by atoms with E-state index in [0.29, 0.717) is 19.3 Å². The fourth-order valence-corrected chi connectivity index (χ4v) is 7.21. The molecule has 0 heterocycles. The molecule has 6 heteroatoms. The molecular weight excluding hydrogens is 743 g/mol. The van der Waals surface area contributed by atoms with E-state index >= 15 is 0 Å². The van der Waals surface area contributed by atoms with Gasteiger partial charge in [-0.3, -0.25) is 9.59 Å². The number of amides is 1. The minimum Gasteiger partial charge on any atom is -0.461 e. The molecule has 0 radical (unpaired) electrons. The summed E-state index contributed by atoms with van der Waals surface area (Å²) in [6.45, 7) is 6.32. The van der Waals surface area contributed by atoms with Crippen molar-refractivity contribution in [2.45, 2.75) is 251 Å². The molecule has 3 N–H and O–H groups in total. The van der Waals surface area contributed by atoms with Gasteiger partial charge in [-0.1, -0.05) is 216 Å². The van der Waals surface area contributed by atoms with Crippen LogP contribution in [0.25, 0.3) is 0 Å². The van der Waals surface area contributed by atoms with Gasteiger partial charge >= 0.3 is 5.97 Å². The van der Waals surface area contributed by atoms with Crippen LogP contribution < -0.4 is 5.32 Å². The monoisotopic (exact) mass is 838 g/mol. The Labute approximate surface area is 371 Å². The Hall–Kier alpha value is -2.70. The molecule has 346 valence electrons. The van der Waals surface area contributed by atoms with Gasteiger partial charge < -0.3 is 20.3 Å². The molecule has 0 aliphatic carbocycles. The van der Waals surface area contributed by atoms with Crippen LogP contribution in [0.15, 0.2) is 72.9 Å². The van der Waals surface area contributed by atoms with Crippen LogP contribution in [-0.2, 0) is 14.3 Å². The minimum absolute atomic E-state index is 0.00852. The van der Waals surface area contributed by atoms with Crippen molar-refractivity contribution in [3.63, 3.8) is 0 Å². The van der Waals surface area contributed by atoms with E-state index < -0.39 is 18.2 Å². The number of aliphatic hydroxyl groups excluding tert-OH is 2. The number of carbonyl (C=O) groups is 2. The number of carbonyl (C=O) groups excluding carboxylic acids is 2. The Balaban J connectivity index is 4.76. The Morgan fingerprint density at radius 3 is 1.40 bits per heavy atom. The maximum absolute atomic E-state index is 13.2. The Morgan fingerprint density at radius 1 is 0.517 bits per heavy atom. The fourth-order valence-electron chi connectivity index (χ4n) is 7.21. The lowest BCUT2D eigenvalue weighted by Crippen LogP contribution is -2.46. The summed E-state index contributed by atoms with van der Waals surface area (Å²) in [5.41, 5.74) is 0. The van der Waals surface area contributed by atoms with Crippen LogP contribution in [0.4, 0.5) is 0 Å². The van der Waals surface area contributed by atoms with E-state index in [0.717, 1.165) is 83.5 Å². The zero-order chi connectivity index (χ0) is 43.8. The molecule has 0 saturated carbocycles. The van der Waals surface area contributed by atoms with E-state index in [4.69, 9.17) is 4.74 Å². The smallest absolute Gasteiger partial charge is 0.306 e. The Kier molecular flexibility index (Phi) is 45.2. The molecule has 0 aromatic heterocycles. The van der Waals surface area contributed by atoms with E-state index in [9.17, 15) is 19.8 Å². The average Bonchev–Trinajstić information content (AvgIpc) is 3.24. The van der Waals surface area contributed by atoms with Crippen molar-refractivity contribution in [1.82, 2.24) is 5.32 Å². The number of unbranched alkanes of at least 4 members (excludes halogenated alkanes) is 21. The van der Waals surface area contributed by atoms with Crippen LogP contribution in [0.2, 0.25) is 0 Å². The molecule has 3 atom stereocenters. The second-order valence-corrected chi connectivity index (χ2v) is 16.8. The molecule has 0 aromatic rings. The van der Waals surface area contributed by atoms with Gasteiger partial charge in [0.05, 0.1) is 25.2 Å². The molecule has 0 fully saturated rings. The van der Waals surface area contributed by atoms with Crippen molar-refractivity contribution in [2.24, 2.45) is 0 Å². The SMILES string of the molecule is CC/C=C\C/C=C\C/C=C\C/C=C\C/C=C\CC(CC(=O)NC(CO)C(O)CCCCCCCCCCCCCC)OC(=O)CCCCC/C=C\CCCCCCCCC. The first-order chi connectivity index (χ1) is 29.5. The lowest BCUT2D eigenvalue weighted by molar-refractivity contribution is -0.150. The first-order valence-corrected chi connectivity index (χ1v) is 25.2. The Bertz CT molecular complexity index is 1120. The van der Waals surface area contributed by atoms with E-state index in [1.165, 1.54) is 103 Å². The second-order valence-electron chi connectivity index (χ2n) is 16.8. The maximum atomic E-state index is 13.2.